The normalized spacial score (nSPS) is 32.4. The maximum atomic E-state index is 12.9. The van der Waals surface area contributed by atoms with E-state index in [1.54, 1.807) is 11.8 Å². The number of β-lactam (4-membered cyclic amide) rings is 1. The second kappa shape index (κ2) is 6.96. The lowest BCUT2D eigenvalue weighted by Crippen LogP contribution is -2.66. The van der Waals surface area contributed by atoms with Gasteiger partial charge in [-0.15, -0.1) is 0 Å². The number of hydrogen-bond acceptors (Lipinski definition) is 5. The number of amides is 3. The predicted molar refractivity (Wildman–Crippen MR) is 97.6 cm³/mol. The van der Waals surface area contributed by atoms with Crippen LogP contribution in [0.1, 0.15) is 34.6 Å². The van der Waals surface area contributed by atoms with Gasteiger partial charge in [-0.1, -0.05) is 6.92 Å². The third kappa shape index (κ3) is 3.90. The first-order chi connectivity index (χ1) is 12.5. The van der Waals surface area contributed by atoms with Gasteiger partial charge < -0.3 is 25.0 Å². The van der Waals surface area contributed by atoms with Crippen molar-refractivity contribution in [3.8, 4) is 0 Å². The van der Waals surface area contributed by atoms with Crippen LogP contribution in [0.25, 0.3) is 0 Å². The zero-order valence-corrected chi connectivity index (χ0v) is 16.8. The molecule has 0 spiro atoms. The zero-order chi connectivity index (χ0) is 20.1. The quantitative estimate of drug-likeness (QED) is 0.692. The van der Waals surface area contributed by atoms with Gasteiger partial charge in [0.05, 0.1) is 24.0 Å². The van der Waals surface area contributed by atoms with Crippen molar-refractivity contribution in [1.29, 1.82) is 0 Å². The minimum Gasteiger partial charge on any atom is -0.444 e. The molecule has 3 amide bonds. The van der Waals surface area contributed by atoms with E-state index in [9.17, 15) is 19.5 Å². The molecule has 6 atom stereocenters. The molecule has 2 N–H and O–H groups in total. The van der Waals surface area contributed by atoms with E-state index in [2.05, 4.69) is 5.32 Å². The number of hydrogen-bond donors (Lipinski definition) is 2. The number of ether oxygens (including phenoxy) is 1. The van der Waals surface area contributed by atoms with Crippen LogP contribution in [0, 0.1) is 23.7 Å². The Hall–Kier alpha value is -1.83. The Morgan fingerprint density at radius 2 is 1.63 bits per heavy atom. The number of fused-ring (bicyclic) bond motifs is 1. The molecule has 4 unspecified atom stereocenters. The molecule has 3 saturated heterocycles. The van der Waals surface area contributed by atoms with E-state index in [1.807, 2.05) is 32.6 Å². The molecule has 3 aliphatic rings. The van der Waals surface area contributed by atoms with Crippen LogP contribution in [-0.2, 0) is 14.3 Å². The summed E-state index contributed by atoms with van der Waals surface area (Å²) in [4.78, 5) is 40.3. The van der Waals surface area contributed by atoms with Gasteiger partial charge in [-0.05, 0) is 27.7 Å². The molecule has 152 valence electrons. The number of nitrogens with zero attached hydrogens (tertiary/aromatic N) is 2. The predicted octanol–water partition coefficient (Wildman–Crippen LogP) is 0.443. The standard InChI is InChI=1S/C19H31N3O5/c1-10(15-14(11(2)23)16(24)20-15)17(25)21-6-12-8-22(9-13(12)7-21)18(26)27-19(3,4)5/h10-15,23H,6-9H2,1-5H3,(H,20,24)/t10?,11?,12?,13?,14-,15-/m1/s1. The van der Waals surface area contributed by atoms with E-state index in [0.717, 1.165) is 0 Å². The Bertz CT molecular complexity index is 615. The summed E-state index contributed by atoms with van der Waals surface area (Å²) in [5.74, 6) is -0.559. The summed E-state index contributed by atoms with van der Waals surface area (Å²) >= 11 is 0. The Labute approximate surface area is 160 Å². The van der Waals surface area contributed by atoms with E-state index in [-0.39, 0.29) is 41.7 Å². The molecule has 0 bridgehead atoms. The molecule has 8 nitrogen and oxygen atoms in total. The SMILES string of the molecule is CC(C(=O)N1CC2CN(C(=O)OC(C)(C)C)CC2C1)[C@H]1NC(=O)[C@@H]1C(C)O. The van der Waals surface area contributed by atoms with Gasteiger partial charge >= 0.3 is 6.09 Å². The number of rotatable bonds is 3. The number of carbonyl (C=O) groups excluding carboxylic acids is 3. The van der Waals surface area contributed by atoms with Crippen LogP contribution in [0.3, 0.4) is 0 Å². The van der Waals surface area contributed by atoms with E-state index in [4.69, 9.17) is 4.74 Å². The molecule has 0 aromatic carbocycles. The second-order valence-corrected chi connectivity index (χ2v) is 9.24. The fourth-order valence-electron chi connectivity index (χ4n) is 4.46. The van der Waals surface area contributed by atoms with Crippen LogP contribution in [0.2, 0.25) is 0 Å². The highest BCUT2D eigenvalue weighted by Gasteiger charge is 2.50. The lowest BCUT2D eigenvalue weighted by molar-refractivity contribution is -0.148. The average molecular weight is 381 g/mol. The minimum absolute atomic E-state index is 0.00358. The molecule has 3 aliphatic heterocycles. The number of carbonyl (C=O) groups is 3. The largest absolute Gasteiger partial charge is 0.444 e. The van der Waals surface area contributed by atoms with E-state index < -0.39 is 17.6 Å². The molecular weight excluding hydrogens is 350 g/mol. The van der Waals surface area contributed by atoms with Crippen LogP contribution < -0.4 is 5.32 Å². The Balaban J connectivity index is 1.54. The van der Waals surface area contributed by atoms with Gasteiger partial charge in [-0.25, -0.2) is 4.79 Å². The molecule has 0 aromatic rings. The number of likely N-dealkylation sites (tertiary alicyclic amines) is 2. The van der Waals surface area contributed by atoms with Gasteiger partial charge in [0.2, 0.25) is 11.8 Å². The molecule has 3 heterocycles. The van der Waals surface area contributed by atoms with Gasteiger partial charge in [-0.3, -0.25) is 9.59 Å². The fraction of sp³-hybridized carbons (Fsp3) is 0.842. The van der Waals surface area contributed by atoms with Gasteiger partial charge in [-0.2, -0.15) is 0 Å². The van der Waals surface area contributed by atoms with Crippen molar-refractivity contribution < 1.29 is 24.2 Å². The Kier molecular flexibility index (Phi) is 5.14. The minimum atomic E-state index is -0.764. The summed E-state index contributed by atoms with van der Waals surface area (Å²) in [7, 11) is 0. The first kappa shape index (κ1) is 19.9. The van der Waals surface area contributed by atoms with Gasteiger partial charge in [0.1, 0.15) is 5.60 Å². The summed E-state index contributed by atoms with van der Waals surface area (Å²) in [6.45, 7) is 11.4. The van der Waals surface area contributed by atoms with Gasteiger partial charge in [0.25, 0.3) is 0 Å². The molecule has 27 heavy (non-hydrogen) atoms. The van der Waals surface area contributed by atoms with Crippen LogP contribution in [-0.4, -0.2) is 76.7 Å². The third-order valence-electron chi connectivity index (χ3n) is 5.90. The van der Waals surface area contributed by atoms with Gasteiger partial charge in [0.15, 0.2) is 0 Å². The summed E-state index contributed by atoms with van der Waals surface area (Å²) in [5, 5.41) is 12.5. The number of aliphatic hydroxyl groups excluding tert-OH is 1. The first-order valence-electron chi connectivity index (χ1n) is 9.73. The average Bonchev–Trinajstić information content (AvgIpc) is 3.07. The highest BCUT2D eigenvalue weighted by atomic mass is 16.6. The van der Waals surface area contributed by atoms with Crippen LogP contribution in [0.5, 0.6) is 0 Å². The van der Waals surface area contributed by atoms with Crippen molar-refractivity contribution in [3.05, 3.63) is 0 Å². The molecule has 0 aliphatic carbocycles. The topological polar surface area (TPSA) is 99.2 Å². The Morgan fingerprint density at radius 1 is 1.11 bits per heavy atom. The lowest BCUT2D eigenvalue weighted by Gasteiger charge is -2.42. The van der Waals surface area contributed by atoms with Crippen LogP contribution in [0.4, 0.5) is 4.79 Å². The zero-order valence-electron chi connectivity index (χ0n) is 16.8. The van der Waals surface area contributed by atoms with Crippen molar-refractivity contribution in [2.24, 2.45) is 23.7 Å². The van der Waals surface area contributed by atoms with E-state index >= 15 is 0 Å². The van der Waals surface area contributed by atoms with Crippen molar-refractivity contribution in [1.82, 2.24) is 15.1 Å². The highest BCUT2D eigenvalue weighted by molar-refractivity contribution is 5.90. The third-order valence-corrected chi connectivity index (χ3v) is 5.90. The maximum Gasteiger partial charge on any atom is 0.410 e. The summed E-state index contributed by atoms with van der Waals surface area (Å²) in [6, 6.07) is -0.316. The smallest absolute Gasteiger partial charge is 0.410 e. The van der Waals surface area contributed by atoms with Crippen molar-refractivity contribution in [2.45, 2.75) is 52.4 Å². The molecule has 0 radical (unpaired) electrons. The fourth-order valence-corrected chi connectivity index (χ4v) is 4.46. The van der Waals surface area contributed by atoms with Crippen LogP contribution in [0.15, 0.2) is 0 Å². The van der Waals surface area contributed by atoms with Gasteiger partial charge in [0, 0.05) is 38.0 Å². The molecule has 8 heteroatoms. The number of aliphatic hydroxyl groups is 1. The highest BCUT2D eigenvalue weighted by Crippen LogP contribution is 2.34. The monoisotopic (exact) mass is 381 g/mol. The first-order valence-corrected chi connectivity index (χ1v) is 9.73. The summed E-state index contributed by atoms with van der Waals surface area (Å²) in [6.07, 6.45) is -1.06. The van der Waals surface area contributed by atoms with Crippen molar-refractivity contribution >= 4 is 17.9 Å². The second-order valence-electron chi connectivity index (χ2n) is 9.24. The lowest BCUT2D eigenvalue weighted by atomic mass is 9.78. The molecular formula is C19H31N3O5. The summed E-state index contributed by atoms with van der Waals surface area (Å²) in [5.41, 5.74) is -0.514. The maximum absolute atomic E-state index is 12.9. The molecule has 3 fully saturated rings. The van der Waals surface area contributed by atoms with E-state index in [1.165, 1.54) is 0 Å². The van der Waals surface area contributed by atoms with Crippen LogP contribution >= 0.6 is 0 Å². The van der Waals surface area contributed by atoms with Crippen molar-refractivity contribution in [3.63, 3.8) is 0 Å². The number of nitrogens with one attached hydrogen (secondary N) is 1. The molecule has 0 saturated carbocycles. The molecule has 3 rings (SSSR count). The molecule has 0 aromatic heterocycles. The summed E-state index contributed by atoms with van der Waals surface area (Å²) < 4.78 is 5.44. The van der Waals surface area contributed by atoms with E-state index in [0.29, 0.717) is 26.2 Å². The Morgan fingerprint density at radius 3 is 2.07 bits per heavy atom. The van der Waals surface area contributed by atoms with Crippen molar-refractivity contribution in [2.75, 3.05) is 26.2 Å².